The third-order valence-corrected chi connectivity index (χ3v) is 3.52. The molecular formula is C13H16N2O. The second-order valence-corrected chi connectivity index (χ2v) is 4.69. The van der Waals surface area contributed by atoms with E-state index in [0.717, 1.165) is 19.4 Å². The first-order valence-electron chi connectivity index (χ1n) is 5.99. The highest BCUT2D eigenvalue weighted by Gasteiger charge is 2.25. The second kappa shape index (κ2) is 3.81. The van der Waals surface area contributed by atoms with Gasteiger partial charge in [-0.1, -0.05) is 31.1 Å². The van der Waals surface area contributed by atoms with E-state index in [2.05, 4.69) is 17.5 Å². The molecule has 0 unspecified atom stereocenters. The lowest BCUT2D eigenvalue weighted by atomic mass is 10.2. The molecule has 1 heterocycles. The van der Waals surface area contributed by atoms with Crippen LogP contribution in [-0.2, 0) is 0 Å². The number of amides is 2. The zero-order valence-corrected chi connectivity index (χ0v) is 9.28. The second-order valence-electron chi connectivity index (χ2n) is 4.69. The Morgan fingerprint density at radius 3 is 2.94 bits per heavy atom. The van der Waals surface area contributed by atoms with Crippen LogP contribution in [0.3, 0.4) is 0 Å². The quantitative estimate of drug-likeness (QED) is 0.717. The minimum atomic E-state index is 0.0584. The Morgan fingerprint density at radius 2 is 2.19 bits per heavy atom. The van der Waals surface area contributed by atoms with Gasteiger partial charge in [0.2, 0.25) is 0 Å². The molecule has 1 aliphatic heterocycles. The fraction of sp³-hybridized carbons (Fsp3) is 0.462. The van der Waals surface area contributed by atoms with Gasteiger partial charge in [-0.25, -0.2) is 4.79 Å². The standard InChI is InChI=1S/C13H16N2O/c16-13(14-12-6-1-2-7-12)15-8-10-4-3-5-11(10)9-15/h3-5,8,12H,1-2,6-7,9H2,(H,14,16). The highest BCUT2D eigenvalue weighted by molar-refractivity contribution is 5.78. The summed E-state index contributed by atoms with van der Waals surface area (Å²) in [6.07, 6.45) is 12.9. The predicted octanol–water partition coefficient (Wildman–Crippen LogP) is 2.33. The summed E-state index contributed by atoms with van der Waals surface area (Å²) >= 11 is 0. The number of hydrogen-bond acceptors (Lipinski definition) is 1. The summed E-state index contributed by atoms with van der Waals surface area (Å²) in [5, 5.41) is 3.10. The highest BCUT2D eigenvalue weighted by Crippen LogP contribution is 2.26. The molecule has 1 saturated carbocycles. The number of carbonyl (C=O) groups excluding carboxylic acids is 1. The van der Waals surface area contributed by atoms with Crippen LogP contribution in [0.4, 0.5) is 4.79 Å². The molecular weight excluding hydrogens is 200 g/mol. The van der Waals surface area contributed by atoms with Crippen molar-refractivity contribution in [3.05, 3.63) is 35.6 Å². The van der Waals surface area contributed by atoms with Gasteiger partial charge in [0, 0.05) is 12.2 Å². The van der Waals surface area contributed by atoms with Crippen molar-refractivity contribution in [3.8, 4) is 0 Å². The first-order chi connectivity index (χ1) is 7.83. The summed E-state index contributed by atoms with van der Waals surface area (Å²) in [6.45, 7) is 0.723. The molecule has 3 aliphatic rings. The molecule has 0 aromatic heterocycles. The molecule has 2 aliphatic carbocycles. The van der Waals surface area contributed by atoms with Crippen molar-refractivity contribution in [3.63, 3.8) is 0 Å². The third kappa shape index (κ3) is 1.66. The van der Waals surface area contributed by atoms with E-state index in [1.807, 2.05) is 12.3 Å². The Labute approximate surface area is 95.5 Å². The smallest absolute Gasteiger partial charge is 0.321 e. The molecule has 3 heteroatoms. The van der Waals surface area contributed by atoms with Crippen molar-refractivity contribution in [2.45, 2.75) is 31.7 Å². The fourth-order valence-electron chi connectivity index (χ4n) is 2.60. The highest BCUT2D eigenvalue weighted by atomic mass is 16.2. The molecule has 1 fully saturated rings. The van der Waals surface area contributed by atoms with E-state index in [9.17, 15) is 4.79 Å². The molecule has 0 aromatic carbocycles. The number of nitrogens with zero attached hydrogens (tertiary/aromatic N) is 1. The number of allylic oxidation sites excluding steroid dienone is 3. The molecule has 0 radical (unpaired) electrons. The summed E-state index contributed by atoms with van der Waals surface area (Å²) in [4.78, 5) is 13.7. The Hall–Kier alpha value is -1.51. The Morgan fingerprint density at radius 1 is 1.38 bits per heavy atom. The molecule has 84 valence electrons. The minimum Gasteiger partial charge on any atom is -0.335 e. The van der Waals surface area contributed by atoms with Crippen LogP contribution >= 0.6 is 0 Å². The van der Waals surface area contributed by atoms with E-state index in [4.69, 9.17) is 0 Å². The molecule has 2 amide bonds. The summed E-state index contributed by atoms with van der Waals surface area (Å²) in [5.74, 6) is 0. The zero-order chi connectivity index (χ0) is 11.0. The van der Waals surface area contributed by atoms with Crippen LogP contribution in [0.15, 0.2) is 35.6 Å². The van der Waals surface area contributed by atoms with Crippen LogP contribution in [0, 0.1) is 0 Å². The molecule has 1 N–H and O–H groups in total. The van der Waals surface area contributed by atoms with Crippen molar-refractivity contribution in [1.82, 2.24) is 10.2 Å². The molecule has 0 spiro atoms. The lowest BCUT2D eigenvalue weighted by Crippen LogP contribution is -2.40. The van der Waals surface area contributed by atoms with Gasteiger partial charge in [-0.3, -0.25) is 4.90 Å². The minimum absolute atomic E-state index is 0.0584. The largest absolute Gasteiger partial charge is 0.335 e. The third-order valence-electron chi connectivity index (χ3n) is 3.52. The van der Waals surface area contributed by atoms with E-state index >= 15 is 0 Å². The molecule has 0 aromatic rings. The number of rotatable bonds is 1. The van der Waals surface area contributed by atoms with E-state index in [1.54, 1.807) is 4.90 Å². The van der Waals surface area contributed by atoms with Gasteiger partial charge in [-0.15, -0.1) is 0 Å². The van der Waals surface area contributed by atoms with E-state index in [0.29, 0.717) is 6.04 Å². The average molecular weight is 216 g/mol. The van der Waals surface area contributed by atoms with Crippen LogP contribution in [0.5, 0.6) is 0 Å². The van der Waals surface area contributed by atoms with Gasteiger partial charge in [0.15, 0.2) is 0 Å². The molecule has 3 nitrogen and oxygen atoms in total. The predicted molar refractivity (Wildman–Crippen MR) is 62.8 cm³/mol. The normalized spacial score (nSPS) is 23.4. The van der Waals surface area contributed by atoms with Crippen LogP contribution < -0.4 is 5.32 Å². The number of carbonyl (C=O) groups is 1. The van der Waals surface area contributed by atoms with E-state index in [-0.39, 0.29) is 6.03 Å². The van der Waals surface area contributed by atoms with Gasteiger partial charge in [0.1, 0.15) is 0 Å². The maximum atomic E-state index is 12.0. The van der Waals surface area contributed by atoms with Gasteiger partial charge in [0.25, 0.3) is 0 Å². The molecule has 3 rings (SSSR count). The fourth-order valence-corrected chi connectivity index (χ4v) is 2.60. The molecule has 0 bridgehead atoms. The van der Waals surface area contributed by atoms with Gasteiger partial charge in [-0.2, -0.15) is 0 Å². The number of hydrogen-bond donors (Lipinski definition) is 1. The van der Waals surface area contributed by atoms with Gasteiger partial charge in [-0.05, 0) is 24.0 Å². The van der Waals surface area contributed by atoms with Crippen molar-refractivity contribution in [1.29, 1.82) is 0 Å². The Balaban J connectivity index is 1.62. The van der Waals surface area contributed by atoms with E-state index < -0.39 is 0 Å². The first-order valence-corrected chi connectivity index (χ1v) is 5.99. The van der Waals surface area contributed by atoms with Crippen LogP contribution in [0.2, 0.25) is 0 Å². The Kier molecular flexibility index (Phi) is 2.31. The molecule has 0 atom stereocenters. The topological polar surface area (TPSA) is 32.3 Å². The van der Waals surface area contributed by atoms with Gasteiger partial charge < -0.3 is 5.32 Å². The van der Waals surface area contributed by atoms with E-state index in [1.165, 1.54) is 24.0 Å². The Bertz CT molecular complexity index is 400. The summed E-state index contributed by atoms with van der Waals surface area (Å²) in [6, 6.07) is 0.457. The lowest BCUT2D eigenvalue weighted by Gasteiger charge is -2.18. The molecule has 16 heavy (non-hydrogen) atoms. The van der Waals surface area contributed by atoms with Crippen LogP contribution in [0.1, 0.15) is 25.7 Å². The van der Waals surface area contributed by atoms with Crippen molar-refractivity contribution in [2.75, 3.05) is 6.54 Å². The van der Waals surface area contributed by atoms with Gasteiger partial charge in [0.05, 0.1) is 6.54 Å². The van der Waals surface area contributed by atoms with Crippen molar-refractivity contribution in [2.24, 2.45) is 0 Å². The SMILES string of the molecule is O=C(NC1CCCC1)N1C=C2C=CC=C2C1. The monoisotopic (exact) mass is 216 g/mol. The van der Waals surface area contributed by atoms with Crippen LogP contribution in [-0.4, -0.2) is 23.5 Å². The number of urea groups is 1. The van der Waals surface area contributed by atoms with Gasteiger partial charge >= 0.3 is 6.03 Å². The van der Waals surface area contributed by atoms with Crippen LogP contribution in [0.25, 0.3) is 0 Å². The summed E-state index contributed by atoms with van der Waals surface area (Å²) in [7, 11) is 0. The maximum Gasteiger partial charge on any atom is 0.321 e. The first kappa shape index (κ1) is 9.70. The van der Waals surface area contributed by atoms with Crippen molar-refractivity contribution >= 4 is 6.03 Å². The maximum absolute atomic E-state index is 12.0. The average Bonchev–Trinajstić information content (AvgIpc) is 2.91. The van der Waals surface area contributed by atoms with Crippen molar-refractivity contribution < 1.29 is 4.79 Å². The number of fused-ring (bicyclic) bond motifs is 1. The zero-order valence-electron chi connectivity index (χ0n) is 9.28. The summed E-state index contributed by atoms with van der Waals surface area (Å²) in [5.41, 5.74) is 2.43. The summed E-state index contributed by atoms with van der Waals surface area (Å²) < 4.78 is 0. The molecule has 0 saturated heterocycles. The number of nitrogens with one attached hydrogen (secondary N) is 1. The lowest BCUT2D eigenvalue weighted by molar-refractivity contribution is 0.215.